The van der Waals surface area contributed by atoms with Crippen LogP contribution in [0, 0.1) is 12.7 Å². The quantitative estimate of drug-likeness (QED) is 0.365. The molecule has 5 rings (SSSR count). The maximum absolute atomic E-state index is 13.7. The van der Waals surface area contributed by atoms with Gasteiger partial charge in [0.1, 0.15) is 5.82 Å². The number of urea groups is 1. The van der Waals surface area contributed by atoms with Crippen molar-refractivity contribution in [3.05, 3.63) is 118 Å². The SMILES string of the molecule is Cc1ccc(Cl)cc1NC(=O)N1Cc2ccccc2-n2cccc2C1c1ccc(F)cc1. The number of fused-ring (bicyclic) bond motifs is 3. The number of para-hydroxylation sites is 1. The van der Waals surface area contributed by atoms with E-state index in [9.17, 15) is 9.18 Å². The molecule has 0 radical (unpaired) electrons. The topological polar surface area (TPSA) is 37.3 Å². The predicted molar refractivity (Wildman–Crippen MR) is 125 cm³/mol. The molecule has 0 saturated heterocycles. The number of hydrogen-bond donors (Lipinski definition) is 1. The van der Waals surface area contributed by atoms with Crippen LogP contribution < -0.4 is 5.32 Å². The van der Waals surface area contributed by atoms with Crippen molar-refractivity contribution in [2.75, 3.05) is 5.32 Å². The second-order valence-corrected chi connectivity index (χ2v) is 8.34. The molecule has 1 aliphatic heterocycles. The summed E-state index contributed by atoms with van der Waals surface area (Å²) < 4.78 is 15.8. The minimum atomic E-state index is -0.405. The minimum absolute atomic E-state index is 0.255. The number of rotatable bonds is 2. The molecule has 0 bridgehead atoms. The van der Waals surface area contributed by atoms with Crippen LogP contribution in [0.2, 0.25) is 5.02 Å². The van der Waals surface area contributed by atoms with Gasteiger partial charge in [0.25, 0.3) is 0 Å². The van der Waals surface area contributed by atoms with Crippen molar-refractivity contribution in [1.29, 1.82) is 0 Å². The fraction of sp³-hybridized carbons (Fsp3) is 0.115. The molecule has 0 spiro atoms. The van der Waals surface area contributed by atoms with Crippen LogP contribution in [-0.4, -0.2) is 15.5 Å². The fourth-order valence-electron chi connectivity index (χ4n) is 4.25. The Balaban J connectivity index is 1.63. The number of carbonyl (C=O) groups is 1. The lowest BCUT2D eigenvalue weighted by Gasteiger charge is -2.31. The molecule has 1 atom stereocenters. The number of anilines is 1. The number of amides is 2. The number of nitrogens with zero attached hydrogens (tertiary/aromatic N) is 2. The highest BCUT2D eigenvalue weighted by atomic mass is 35.5. The second kappa shape index (κ2) is 8.17. The summed E-state index contributed by atoms with van der Waals surface area (Å²) in [4.78, 5) is 15.4. The highest BCUT2D eigenvalue weighted by molar-refractivity contribution is 6.31. The predicted octanol–water partition coefficient (Wildman–Crippen LogP) is 6.72. The Morgan fingerprint density at radius 3 is 2.62 bits per heavy atom. The summed E-state index contributed by atoms with van der Waals surface area (Å²) in [7, 11) is 0. The summed E-state index contributed by atoms with van der Waals surface area (Å²) in [5, 5.41) is 3.58. The van der Waals surface area contributed by atoms with Gasteiger partial charge in [-0.3, -0.25) is 0 Å². The van der Waals surface area contributed by atoms with E-state index in [1.54, 1.807) is 29.2 Å². The van der Waals surface area contributed by atoms with E-state index in [1.165, 1.54) is 12.1 Å². The van der Waals surface area contributed by atoms with E-state index in [0.29, 0.717) is 17.3 Å². The van der Waals surface area contributed by atoms with Crippen molar-refractivity contribution >= 4 is 23.3 Å². The van der Waals surface area contributed by atoms with Crippen LogP contribution in [0.3, 0.4) is 0 Å². The van der Waals surface area contributed by atoms with E-state index in [2.05, 4.69) is 9.88 Å². The molecule has 1 aliphatic rings. The largest absolute Gasteiger partial charge is 0.322 e. The van der Waals surface area contributed by atoms with Crippen LogP contribution in [0.5, 0.6) is 0 Å². The fourth-order valence-corrected chi connectivity index (χ4v) is 4.42. The van der Waals surface area contributed by atoms with Crippen molar-refractivity contribution in [3.8, 4) is 5.69 Å². The van der Waals surface area contributed by atoms with E-state index in [0.717, 1.165) is 28.1 Å². The van der Waals surface area contributed by atoms with Gasteiger partial charge in [-0.25, -0.2) is 9.18 Å². The lowest BCUT2D eigenvalue weighted by atomic mass is 10.0. The van der Waals surface area contributed by atoms with Gasteiger partial charge in [-0.1, -0.05) is 48.0 Å². The Morgan fingerprint density at radius 2 is 1.81 bits per heavy atom. The van der Waals surface area contributed by atoms with Crippen molar-refractivity contribution in [2.45, 2.75) is 19.5 Å². The highest BCUT2D eigenvalue weighted by Gasteiger charge is 2.33. The molecule has 160 valence electrons. The summed E-state index contributed by atoms with van der Waals surface area (Å²) in [5.74, 6) is -0.313. The number of aromatic nitrogens is 1. The average Bonchev–Trinajstić information content (AvgIpc) is 3.21. The Kier molecular flexibility index (Phi) is 5.19. The van der Waals surface area contributed by atoms with E-state index in [-0.39, 0.29) is 11.8 Å². The second-order valence-electron chi connectivity index (χ2n) is 7.90. The van der Waals surface area contributed by atoms with Crippen molar-refractivity contribution < 1.29 is 9.18 Å². The molecular weight excluding hydrogens is 425 g/mol. The zero-order valence-electron chi connectivity index (χ0n) is 17.4. The minimum Gasteiger partial charge on any atom is -0.318 e. The van der Waals surface area contributed by atoms with E-state index in [4.69, 9.17) is 11.6 Å². The van der Waals surface area contributed by atoms with Crippen molar-refractivity contribution in [1.82, 2.24) is 9.47 Å². The number of halogens is 2. The number of carbonyl (C=O) groups excluding carboxylic acids is 1. The van der Waals surface area contributed by atoms with Gasteiger partial charge in [0.15, 0.2) is 0 Å². The van der Waals surface area contributed by atoms with Gasteiger partial charge >= 0.3 is 6.03 Å². The molecule has 1 N–H and O–H groups in total. The zero-order valence-corrected chi connectivity index (χ0v) is 18.2. The van der Waals surface area contributed by atoms with Gasteiger partial charge in [0, 0.05) is 22.6 Å². The summed E-state index contributed by atoms with van der Waals surface area (Å²) in [6, 6.07) is 23.1. The smallest absolute Gasteiger partial charge is 0.318 e. The summed E-state index contributed by atoms with van der Waals surface area (Å²) in [6.07, 6.45) is 1.99. The monoisotopic (exact) mass is 445 g/mol. The van der Waals surface area contributed by atoms with Crippen LogP contribution in [0.1, 0.15) is 28.4 Å². The van der Waals surface area contributed by atoms with E-state index < -0.39 is 6.04 Å². The van der Waals surface area contributed by atoms with Crippen LogP contribution in [-0.2, 0) is 6.54 Å². The Hall–Kier alpha value is -3.57. The van der Waals surface area contributed by atoms with Crippen molar-refractivity contribution in [3.63, 3.8) is 0 Å². The third kappa shape index (κ3) is 3.65. The third-order valence-corrected chi connectivity index (χ3v) is 6.09. The molecule has 2 heterocycles. The molecular formula is C26H21ClFN3O. The van der Waals surface area contributed by atoms with E-state index >= 15 is 0 Å². The van der Waals surface area contributed by atoms with Gasteiger partial charge in [-0.15, -0.1) is 0 Å². The Bertz CT molecular complexity index is 1300. The molecule has 32 heavy (non-hydrogen) atoms. The van der Waals surface area contributed by atoms with Gasteiger partial charge in [0.05, 0.1) is 18.3 Å². The number of hydrogen-bond acceptors (Lipinski definition) is 1. The standard InChI is InChI=1S/C26H21ClFN3O/c1-17-8-11-20(27)15-22(17)29-26(32)31-16-19-5-2-3-6-23(19)30-14-4-7-24(30)25(31)18-9-12-21(28)13-10-18/h2-15,25H,16H2,1H3,(H,29,32). The van der Waals surface area contributed by atoms with Crippen LogP contribution in [0.15, 0.2) is 85.1 Å². The maximum Gasteiger partial charge on any atom is 0.322 e. The summed E-state index contributed by atoms with van der Waals surface area (Å²) in [6.45, 7) is 2.32. The molecule has 0 aliphatic carbocycles. The van der Waals surface area contributed by atoms with Gasteiger partial charge in [-0.2, -0.15) is 0 Å². The Morgan fingerprint density at radius 1 is 1.03 bits per heavy atom. The first-order chi connectivity index (χ1) is 15.5. The molecule has 1 unspecified atom stereocenters. The number of nitrogens with one attached hydrogen (secondary N) is 1. The van der Waals surface area contributed by atoms with Crippen LogP contribution in [0.4, 0.5) is 14.9 Å². The number of aryl methyl sites for hydroxylation is 1. The molecule has 4 aromatic rings. The van der Waals surface area contributed by atoms with Gasteiger partial charge < -0.3 is 14.8 Å². The zero-order chi connectivity index (χ0) is 22.2. The van der Waals surface area contributed by atoms with Crippen LogP contribution >= 0.6 is 11.6 Å². The molecule has 1 aromatic heterocycles. The first-order valence-corrected chi connectivity index (χ1v) is 10.7. The molecule has 4 nitrogen and oxygen atoms in total. The molecule has 0 saturated carbocycles. The summed E-state index contributed by atoms with van der Waals surface area (Å²) in [5.41, 5.74) is 5.38. The highest BCUT2D eigenvalue weighted by Crippen LogP contribution is 2.37. The first-order valence-electron chi connectivity index (χ1n) is 10.4. The van der Waals surface area contributed by atoms with Gasteiger partial charge in [-0.05, 0) is 66.1 Å². The lowest BCUT2D eigenvalue weighted by molar-refractivity contribution is 0.194. The third-order valence-electron chi connectivity index (χ3n) is 5.85. The molecule has 6 heteroatoms. The molecule has 3 aromatic carbocycles. The molecule has 2 amide bonds. The van der Waals surface area contributed by atoms with Crippen LogP contribution in [0.25, 0.3) is 5.69 Å². The normalized spacial score (nSPS) is 15.0. The van der Waals surface area contributed by atoms with Crippen molar-refractivity contribution in [2.24, 2.45) is 0 Å². The molecule has 0 fully saturated rings. The number of benzene rings is 3. The first kappa shape index (κ1) is 20.3. The van der Waals surface area contributed by atoms with E-state index in [1.807, 2.05) is 55.6 Å². The Labute approximate surface area is 190 Å². The lowest BCUT2D eigenvalue weighted by Crippen LogP contribution is -2.38. The van der Waals surface area contributed by atoms with Gasteiger partial charge in [0.2, 0.25) is 0 Å². The average molecular weight is 446 g/mol. The summed E-state index contributed by atoms with van der Waals surface area (Å²) >= 11 is 6.17. The maximum atomic E-state index is 13.7.